The van der Waals surface area contributed by atoms with Gasteiger partial charge in [0.15, 0.2) is 5.82 Å². The Labute approximate surface area is 222 Å². The number of aliphatic imine (C=N–C) groups is 1. The Hall–Kier alpha value is -4.95. The van der Waals surface area contributed by atoms with Gasteiger partial charge in [-0.05, 0) is 47.2 Å². The molecular formula is C30H30N6O2. The number of allylic oxidation sites excluding steroid dienone is 2. The third-order valence-electron chi connectivity index (χ3n) is 6.31. The van der Waals surface area contributed by atoms with Gasteiger partial charge in [-0.2, -0.15) is 0 Å². The molecule has 2 aliphatic heterocycles. The third-order valence-corrected chi connectivity index (χ3v) is 6.31. The molecular weight excluding hydrogens is 476 g/mol. The summed E-state index contributed by atoms with van der Waals surface area (Å²) in [6, 6.07) is 28.0. The average Bonchev–Trinajstić information content (AvgIpc) is 3.35. The highest BCUT2D eigenvalue weighted by molar-refractivity contribution is 6.25. The average molecular weight is 507 g/mol. The molecule has 3 aromatic carbocycles. The molecule has 192 valence electrons. The van der Waals surface area contributed by atoms with E-state index >= 15 is 0 Å². The summed E-state index contributed by atoms with van der Waals surface area (Å²) in [4.78, 5) is 5.13. The van der Waals surface area contributed by atoms with E-state index in [2.05, 4.69) is 35.0 Å². The molecule has 1 unspecified atom stereocenters. The Morgan fingerprint density at radius 3 is 2.24 bits per heavy atom. The lowest BCUT2D eigenvalue weighted by Crippen LogP contribution is -2.40. The monoisotopic (exact) mass is 506 g/mol. The van der Waals surface area contributed by atoms with Crippen molar-refractivity contribution >= 4 is 17.0 Å². The van der Waals surface area contributed by atoms with Crippen LogP contribution in [0.5, 0.6) is 5.75 Å². The first-order valence-electron chi connectivity index (χ1n) is 12.2. The first-order chi connectivity index (χ1) is 18.6. The molecule has 38 heavy (non-hydrogen) atoms. The number of hydrazine groups is 1. The van der Waals surface area contributed by atoms with Crippen LogP contribution in [0.1, 0.15) is 22.7 Å². The van der Waals surface area contributed by atoms with Gasteiger partial charge in [-0.15, -0.1) is 0 Å². The molecule has 8 heteroatoms. The van der Waals surface area contributed by atoms with Crippen molar-refractivity contribution in [2.45, 2.75) is 6.04 Å². The SMILES string of the molecule is COC1=C(c2ccc(OC)cc2)C(N/C(N)=C/C=C\N)=NC2=C(c3ccccc3)C(c3ccccc3)NN21. The fourth-order valence-corrected chi connectivity index (χ4v) is 4.58. The Morgan fingerprint density at radius 1 is 0.921 bits per heavy atom. The van der Waals surface area contributed by atoms with E-state index in [1.54, 1.807) is 26.4 Å². The number of nitrogens with two attached hydrogens (primary N) is 2. The van der Waals surface area contributed by atoms with Gasteiger partial charge in [-0.1, -0.05) is 72.8 Å². The normalized spacial score (nSPS) is 17.5. The summed E-state index contributed by atoms with van der Waals surface area (Å²) >= 11 is 0. The van der Waals surface area contributed by atoms with Gasteiger partial charge in [0.2, 0.25) is 5.88 Å². The quantitative estimate of drug-likeness (QED) is 0.355. The number of hydrogen-bond donors (Lipinski definition) is 4. The molecule has 5 rings (SSSR count). The van der Waals surface area contributed by atoms with Crippen LogP contribution in [-0.2, 0) is 4.74 Å². The number of amidine groups is 1. The van der Waals surface area contributed by atoms with Gasteiger partial charge in [0.25, 0.3) is 0 Å². The van der Waals surface area contributed by atoms with E-state index in [9.17, 15) is 0 Å². The van der Waals surface area contributed by atoms with Crippen LogP contribution in [0.25, 0.3) is 11.1 Å². The molecule has 0 saturated heterocycles. The van der Waals surface area contributed by atoms with Crippen molar-refractivity contribution in [2.75, 3.05) is 14.2 Å². The fourth-order valence-electron chi connectivity index (χ4n) is 4.58. The van der Waals surface area contributed by atoms with Gasteiger partial charge in [0.1, 0.15) is 17.4 Å². The molecule has 0 saturated carbocycles. The molecule has 0 aromatic heterocycles. The van der Waals surface area contributed by atoms with Crippen LogP contribution in [0.15, 0.2) is 126 Å². The summed E-state index contributed by atoms with van der Waals surface area (Å²) in [5.74, 6) is 2.97. The molecule has 2 heterocycles. The molecule has 0 radical (unpaired) electrons. The van der Waals surface area contributed by atoms with E-state index < -0.39 is 0 Å². The molecule has 0 spiro atoms. The maximum atomic E-state index is 6.30. The Balaban J connectivity index is 1.73. The lowest BCUT2D eigenvalue weighted by atomic mass is 9.94. The molecule has 8 nitrogen and oxygen atoms in total. The minimum atomic E-state index is -0.160. The molecule has 0 bridgehead atoms. The summed E-state index contributed by atoms with van der Waals surface area (Å²) in [7, 11) is 3.29. The second kappa shape index (κ2) is 11.0. The van der Waals surface area contributed by atoms with E-state index in [1.807, 2.05) is 65.7 Å². The first kappa shape index (κ1) is 24.7. The summed E-state index contributed by atoms with van der Waals surface area (Å²) in [5, 5.41) is 5.17. The van der Waals surface area contributed by atoms with Gasteiger partial charge in [0, 0.05) is 5.57 Å². The number of nitrogens with one attached hydrogen (secondary N) is 2. The summed E-state index contributed by atoms with van der Waals surface area (Å²) in [5.41, 5.74) is 20.2. The summed E-state index contributed by atoms with van der Waals surface area (Å²) in [6.07, 6.45) is 4.75. The van der Waals surface area contributed by atoms with E-state index in [0.717, 1.165) is 33.6 Å². The predicted octanol–water partition coefficient (Wildman–Crippen LogP) is 4.21. The molecule has 1 atom stereocenters. The third kappa shape index (κ3) is 4.72. The standard InChI is InChI=1S/C30H30N6O2/c1-37-23-17-15-21(16-18-23)26-28(33-24(32)14-9-19-31)34-29-25(20-10-5-3-6-11-20)27(22-12-7-4-8-13-22)35-36(29)30(26)38-2/h3-19,27,35H,31-32H2,1-2H3,(H,33,34)/b19-9-,24-14+. The smallest absolute Gasteiger partial charge is 0.221 e. The molecule has 6 N–H and O–H groups in total. The number of rotatable bonds is 7. The van der Waals surface area contributed by atoms with Crippen molar-refractivity contribution in [3.63, 3.8) is 0 Å². The van der Waals surface area contributed by atoms with Gasteiger partial charge in [-0.25, -0.2) is 15.4 Å². The second-order valence-electron chi connectivity index (χ2n) is 8.62. The number of hydrogen-bond acceptors (Lipinski definition) is 8. The largest absolute Gasteiger partial charge is 0.497 e. The highest BCUT2D eigenvalue weighted by Crippen LogP contribution is 2.44. The molecule has 0 amide bonds. The van der Waals surface area contributed by atoms with Crippen molar-refractivity contribution in [3.8, 4) is 5.75 Å². The van der Waals surface area contributed by atoms with Crippen LogP contribution in [-0.4, -0.2) is 25.1 Å². The molecule has 0 aliphatic carbocycles. The maximum absolute atomic E-state index is 6.30. The van der Waals surface area contributed by atoms with Crippen molar-refractivity contribution in [1.29, 1.82) is 0 Å². The number of benzene rings is 3. The zero-order valence-electron chi connectivity index (χ0n) is 21.3. The highest BCUT2D eigenvalue weighted by Gasteiger charge is 2.40. The van der Waals surface area contributed by atoms with Gasteiger partial charge < -0.3 is 26.3 Å². The van der Waals surface area contributed by atoms with E-state index in [1.165, 1.54) is 6.20 Å². The summed E-state index contributed by atoms with van der Waals surface area (Å²) < 4.78 is 11.4. The fraction of sp³-hybridized carbons (Fsp3) is 0.100. The van der Waals surface area contributed by atoms with Crippen molar-refractivity contribution in [1.82, 2.24) is 15.8 Å². The van der Waals surface area contributed by atoms with Crippen molar-refractivity contribution in [3.05, 3.63) is 137 Å². The van der Waals surface area contributed by atoms with Crippen LogP contribution in [0.3, 0.4) is 0 Å². The lowest BCUT2D eigenvalue weighted by Gasteiger charge is -2.30. The van der Waals surface area contributed by atoms with Gasteiger partial charge in [-0.3, -0.25) is 0 Å². The zero-order chi connectivity index (χ0) is 26.5. The molecule has 0 fully saturated rings. The van der Waals surface area contributed by atoms with E-state index in [-0.39, 0.29) is 6.04 Å². The van der Waals surface area contributed by atoms with Crippen LogP contribution < -0.4 is 26.9 Å². The van der Waals surface area contributed by atoms with Crippen LogP contribution in [0.2, 0.25) is 0 Å². The van der Waals surface area contributed by atoms with E-state index in [0.29, 0.717) is 23.4 Å². The minimum absolute atomic E-state index is 0.160. The highest BCUT2D eigenvalue weighted by atomic mass is 16.5. The first-order valence-corrected chi connectivity index (χ1v) is 12.2. The predicted molar refractivity (Wildman–Crippen MR) is 151 cm³/mol. The number of nitrogens with zero attached hydrogens (tertiary/aromatic N) is 2. The minimum Gasteiger partial charge on any atom is -0.497 e. The Bertz CT molecular complexity index is 1440. The number of methoxy groups -OCH3 is 2. The molecule has 2 aliphatic rings. The number of fused-ring (bicyclic) bond motifs is 1. The van der Waals surface area contributed by atoms with Crippen molar-refractivity contribution in [2.24, 2.45) is 16.5 Å². The number of ether oxygens (including phenoxy) is 2. The van der Waals surface area contributed by atoms with Gasteiger partial charge >= 0.3 is 0 Å². The summed E-state index contributed by atoms with van der Waals surface area (Å²) in [6.45, 7) is 0. The Kier molecular flexibility index (Phi) is 7.15. The van der Waals surface area contributed by atoms with Crippen LogP contribution in [0.4, 0.5) is 0 Å². The lowest BCUT2D eigenvalue weighted by molar-refractivity contribution is 0.145. The topological polar surface area (TPSA) is 110 Å². The maximum Gasteiger partial charge on any atom is 0.221 e. The zero-order valence-corrected chi connectivity index (χ0v) is 21.3. The Morgan fingerprint density at radius 2 is 1.61 bits per heavy atom. The molecule has 3 aromatic rings. The van der Waals surface area contributed by atoms with Gasteiger partial charge in [0.05, 0.1) is 25.8 Å². The van der Waals surface area contributed by atoms with Crippen LogP contribution >= 0.6 is 0 Å². The van der Waals surface area contributed by atoms with Crippen LogP contribution in [0, 0.1) is 0 Å². The van der Waals surface area contributed by atoms with E-state index in [4.69, 9.17) is 25.9 Å². The van der Waals surface area contributed by atoms with Crippen molar-refractivity contribution < 1.29 is 9.47 Å². The second-order valence-corrected chi connectivity index (χ2v) is 8.62.